The minimum Gasteiger partial charge on any atom is -0.493 e. The molecule has 16 heavy (non-hydrogen) atoms. The molecule has 0 heterocycles. The lowest BCUT2D eigenvalue weighted by atomic mass is 10.1. The number of ether oxygens (including phenoxy) is 1. The zero-order valence-electron chi connectivity index (χ0n) is 8.79. The number of hydrogen-bond acceptors (Lipinski definition) is 2. The average molecular weight is 234 g/mol. The van der Waals surface area contributed by atoms with E-state index >= 15 is 0 Å². The molecule has 0 aliphatic carbocycles. The van der Waals surface area contributed by atoms with E-state index in [1.165, 1.54) is 6.92 Å². The lowest BCUT2D eigenvalue weighted by molar-refractivity contribution is -0.139. The highest BCUT2D eigenvalue weighted by molar-refractivity contribution is 5.34. The highest BCUT2D eigenvalue weighted by Gasteiger charge is 2.27. The Morgan fingerprint density at radius 2 is 1.94 bits per heavy atom. The molecule has 1 aromatic rings. The van der Waals surface area contributed by atoms with E-state index in [1.54, 1.807) is 24.3 Å². The Hall–Kier alpha value is -1.23. The number of hydrogen-bond donors (Lipinski definition) is 1. The molecule has 0 bridgehead atoms. The summed E-state index contributed by atoms with van der Waals surface area (Å²) in [5.74, 6) is 0.293. The number of aliphatic hydroxyl groups excluding tert-OH is 1. The summed E-state index contributed by atoms with van der Waals surface area (Å²) < 4.78 is 40.7. The summed E-state index contributed by atoms with van der Waals surface area (Å²) in [6.45, 7) is 1.10. The third kappa shape index (κ3) is 4.10. The molecule has 1 N–H and O–H groups in total. The van der Waals surface area contributed by atoms with Crippen molar-refractivity contribution in [1.29, 1.82) is 0 Å². The van der Waals surface area contributed by atoms with Crippen molar-refractivity contribution in [2.75, 3.05) is 6.61 Å². The van der Waals surface area contributed by atoms with E-state index in [2.05, 4.69) is 0 Å². The van der Waals surface area contributed by atoms with Gasteiger partial charge >= 0.3 is 6.18 Å². The van der Waals surface area contributed by atoms with Crippen LogP contribution in [0, 0.1) is 0 Å². The molecule has 0 unspecified atom stereocenters. The predicted octanol–water partition coefficient (Wildman–Crippen LogP) is 3.07. The molecule has 0 saturated carbocycles. The zero-order chi connectivity index (χ0) is 12.2. The average Bonchev–Trinajstić information content (AvgIpc) is 2.16. The number of rotatable bonds is 4. The molecule has 0 amide bonds. The number of alkyl halides is 3. The van der Waals surface area contributed by atoms with E-state index in [9.17, 15) is 18.3 Å². The molecular weight excluding hydrogens is 221 g/mol. The van der Waals surface area contributed by atoms with Crippen LogP contribution in [0.15, 0.2) is 24.3 Å². The first kappa shape index (κ1) is 12.8. The Labute approximate surface area is 91.7 Å². The van der Waals surface area contributed by atoms with Gasteiger partial charge in [0, 0.05) is 5.56 Å². The van der Waals surface area contributed by atoms with Crippen molar-refractivity contribution < 1.29 is 23.0 Å². The van der Waals surface area contributed by atoms with Gasteiger partial charge in [0.25, 0.3) is 0 Å². The summed E-state index contributed by atoms with van der Waals surface area (Å²) in [7, 11) is 0. The molecular formula is C11H13F3O2. The van der Waals surface area contributed by atoms with Crippen molar-refractivity contribution in [3.05, 3.63) is 29.8 Å². The number of benzene rings is 1. The first-order chi connectivity index (χ1) is 7.40. The van der Waals surface area contributed by atoms with Gasteiger partial charge in [-0.25, -0.2) is 0 Å². The van der Waals surface area contributed by atoms with Crippen LogP contribution in [0.5, 0.6) is 5.75 Å². The molecule has 1 aromatic carbocycles. The molecule has 0 spiro atoms. The van der Waals surface area contributed by atoms with Crippen molar-refractivity contribution in [3.63, 3.8) is 0 Å². The largest absolute Gasteiger partial charge is 0.493 e. The fourth-order valence-electron chi connectivity index (χ4n) is 1.23. The third-order valence-electron chi connectivity index (χ3n) is 2.01. The molecule has 0 aromatic heterocycles. The van der Waals surface area contributed by atoms with Crippen LogP contribution in [0.2, 0.25) is 0 Å². The van der Waals surface area contributed by atoms with Gasteiger partial charge in [-0.05, 0) is 13.0 Å². The Bertz CT molecular complexity index is 334. The normalized spacial score (nSPS) is 13.6. The monoisotopic (exact) mass is 234 g/mol. The summed E-state index contributed by atoms with van der Waals surface area (Å²) >= 11 is 0. The maximum absolute atomic E-state index is 11.9. The predicted molar refractivity (Wildman–Crippen MR) is 53.2 cm³/mol. The molecule has 0 aliphatic rings. The lowest BCUT2D eigenvalue weighted by Crippen LogP contribution is -2.13. The van der Waals surface area contributed by atoms with E-state index in [-0.39, 0.29) is 0 Å². The van der Waals surface area contributed by atoms with Crippen LogP contribution in [-0.4, -0.2) is 17.9 Å². The molecule has 0 aliphatic heterocycles. The quantitative estimate of drug-likeness (QED) is 0.867. The minimum absolute atomic E-state index is 0.293. The molecule has 0 saturated heterocycles. The Morgan fingerprint density at radius 3 is 2.50 bits per heavy atom. The van der Waals surface area contributed by atoms with E-state index in [1.807, 2.05) is 0 Å². The Kier molecular flexibility index (Phi) is 4.18. The van der Waals surface area contributed by atoms with Crippen LogP contribution in [0.25, 0.3) is 0 Å². The molecule has 5 heteroatoms. The maximum atomic E-state index is 11.9. The van der Waals surface area contributed by atoms with Crippen LogP contribution >= 0.6 is 0 Å². The topological polar surface area (TPSA) is 29.5 Å². The highest BCUT2D eigenvalue weighted by Crippen LogP contribution is 2.26. The Morgan fingerprint density at radius 1 is 1.31 bits per heavy atom. The molecule has 2 nitrogen and oxygen atoms in total. The fraction of sp³-hybridized carbons (Fsp3) is 0.455. The first-order valence-corrected chi connectivity index (χ1v) is 4.86. The van der Waals surface area contributed by atoms with Gasteiger partial charge in [0.05, 0.1) is 19.1 Å². The maximum Gasteiger partial charge on any atom is 0.392 e. The summed E-state index contributed by atoms with van der Waals surface area (Å²) in [6, 6.07) is 6.50. The van der Waals surface area contributed by atoms with Crippen LogP contribution < -0.4 is 4.74 Å². The van der Waals surface area contributed by atoms with E-state index in [0.29, 0.717) is 11.3 Å². The molecule has 0 radical (unpaired) electrons. The first-order valence-electron chi connectivity index (χ1n) is 4.86. The lowest BCUT2D eigenvalue weighted by Gasteiger charge is -2.13. The zero-order valence-corrected chi connectivity index (χ0v) is 8.79. The minimum atomic E-state index is -4.22. The second-order valence-corrected chi connectivity index (χ2v) is 3.43. The van der Waals surface area contributed by atoms with Crippen molar-refractivity contribution in [1.82, 2.24) is 0 Å². The summed E-state index contributed by atoms with van der Waals surface area (Å²) in [5, 5.41) is 9.36. The van der Waals surface area contributed by atoms with Gasteiger partial charge in [0.1, 0.15) is 5.75 Å². The van der Waals surface area contributed by atoms with Crippen LogP contribution in [-0.2, 0) is 0 Å². The van der Waals surface area contributed by atoms with Gasteiger partial charge < -0.3 is 9.84 Å². The fourth-order valence-corrected chi connectivity index (χ4v) is 1.23. The van der Waals surface area contributed by atoms with E-state index in [4.69, 9.17) is 4.74 Å². The standard InChI is InChI=1S/C11H13F3O2/c1-8(15)9-4-2-3-5-10(9)16-7-6-11(12,13)14/h2-5,8,15H,6-7H2,1H3/t8-/m1/s1. The smallest absolute Gasteiger partial charge is 0.392 e. The second kappa shape index (κ2) is 5.21. The van der Waals surface area contributed by atoms with Gasteiger partial charge in [0.2, 0.25) is 0 Å². The van der Waals surface area contributed by atoms with E-state index in [0.717, 1.165) is 0 Å². The Balaban J connectivity index is 2.60. The SMILES string of the molecule is C[C@@H](O)c1ccccc1OCCC(F)(F)F. The number of aliphatic hydroxyl groups is 1. The van der Waals surface area contributed by atoms with Crippen molar-refractivity contribution >= 4 is 0 Å². The van der Waals surface area contributed by atoms with Crippen molar-refractivity contribution in [2.24, 2.45) is 0 Å². The second-order valence-electron chi connectivity index (χ2n) is 3.43. The highest BCUT2D eigenvalue weighted by atomic mass is 19.4. The molecule has 1 rings (SSSR count). The summed E-state index contributed by atoms with van der Waals surface area (Å²) in [6.07, 6.45) is -5.98. The summed E-state index contributed by atoms with van der Waals surface area (Å²) in [5.41, 5.74) is 0.490. The van der Waals surface area contributed by atoms with Gasteiger partial charge in [-0.2, -0.15) is 13.2 Å². The van der Waals surface area contributed by atoms with Crippen molar-refractivity contribution in [3.8, 4) is 5.75 Å². The number of para-hydroxylation sites is 1. The van der Waals surface area contributed by atoms with Gasteiger partial charge in [-0.15, -0.1) is 0 Å². The van der Waals surface area contributed by atoms with Crippen LogP contribution in [0.4, 0.5) is 13.2 Å². The van der Waals surface area contributed by atoms with E-state index < -0.39 is 25.3 Å². The third-order valence-corrected chi connectivity index (χ3v) is 2.01. The number of halogens is 3. The molecule has 0 fully saturated rings. The summed E-state index contributed by atoms with van der Waals surface area (Å²) in [4.78, 5) is 0. The van der Waals surface area contributed by atoms with Crippen molar-refractivity contribution in [2.45, 2.75) is 25.6 Å². The van der Waals surface area contributed by atoms with Gasteiger partial charge in [-0.3, -0.25) is 0 Å². The van der Waals surface area contributed by atoms with Gasteiger partial charge in [0.15, 0.2) is 0 Å². The molecule has 90 valence electrons. The molecule has 1 atom stereocenters. The van der Waals surface area contributed by atoms with Gasteiger partial charge in [-0.1, -0.05) is 18.2 Å². The van der Waals surface area contributed by atoms with Crippen LogP contribution in [0.3, 0.4) is 0 Å². The van der Waals surface area contributed by atoms with Crippen LogP contribution in [0.1, 0.15) is 25.0 Å².